The number of thioether (sulfide) groups is 1. The van der Waals surface area contributed by atoms with Crippen LogP contribution in [0.1, 0.15) is 40.0 Å². The van der Waals surface area contributed by atoms with Crippen molar-refractivity contribution in [2.24, 2.45) is 11.8 Å². The summed E-state index contributed by atoms with van der Waals surface area (Å²) < 4.78 is 0. The summed E-state index contributed by atoms with van der Waals surface area (Å²) in [6, 6.07) is 0.605. The third-order valence-corrected chi connectivity index (χ3v) is 8.37. The lowest BCUT2D eigenvalue weighted by atomic mass is 9.79. The van der Waals surface area contributed by atoms with Crippen molar-refractivity contribution >= 4 is 29.5 Å². The van der Waals surface area contributed by atoms with E-state index in [1.165, 1.54) is 4.90 Å². The lowest BCUT2D eigenvalue weighted by Gasteiger charge is -2.46. The minimum absolute atomic E-state index is 0.0608. The second-order valence-electron chi connectivity index (χ2n) is 8.86. The first-order chi connectivity index (χ1) is 13.7. The van der Waals surface area contributed by atoms with E-state index in [2.05, 4.69) is 10.2 Å². The summed E-state index contributed by atoms with van der Waals surface area (Å²) in [7, 11) is 0. The highest BCUT2D eigenvalue weighted by atomic mass is 32.2. The molecule has 2 saturated heterocycles. The Bertz CT molecular complexity index is 764. The van der Waals surface area contributed by atoms with Crippen LogP contribution in [0, 0.1) is 17.2 Å². The van der Waals surface area contributed by atoms with Crippen molar-refractivity contribution in [3.63, 3.8) is 0 Å². The summed E-state index contributed by atoms with van der Waals surface area (Å²) in [6.45, 7) is 7.21. The second-order valence-corrected chi connectivity index (χ2v) is 10.2. The lowest BCUT2D eigenvalue weighted by Crippen LogP contribution is -2.63. The average molecular weight is 423 g/mol. The first-order valence-electron chi connectivity index (χ1n) is 10.4. The molecule has 9 heteroatoms. The molecule has 4 N–H and O–H groups in total. The van der Waals surface area contributed by atoms with Crippen LogP contribution in [0.15, 0.2) is 10.6 Å². The summed E-state index contributed by atoms with van der Waals surface area (Å²) in [4.78, 5) is 28.6. The second kappa shape index (κ2) is 7.59. The van der Waals surface area contributed by atoms with Gasteiger partial charge in [0.25, 0.3) is 0 Å². The van der Waals surface area contributed by atoms with E-state index >= 15 is 0 Å². The van der Waals surface area contributed by atoms with Crippen molar-refractivity contribution in [3.8, 4) is 0 Å². The normalized spacial score (nSPS) is 37.3. The van der Waals surface area contributed by atoms with Crippen LogP contribution >= 0.6 is 11.8 Å². The molecule has 0 aromatic carbocycles. The highest BCUT2D eigenvalue weighted by Crippen LogP contribution is 2.53. The zero-order valence-electron chi connectivity index (χ0n) is 17.1. The smallest absolute Gasteiger partial charge is 0.353 e. The maximum absolute atomic E-state index is 12.4. The fourth-order valence-corrected chi connectivity index (χ4v) is 6.86. The molecular weight excluding hydrogens is 392 g/mol. The SMILES string of the molecule is CC(=N)N1CC[C@H](N[C@H]2C[C@@H](SC3=C(C(=O)O)N4C(=O)[C@H]([C@@H](C)O)[C@H]4[C@H]3C)C2)C1. The number of hydrogen-bond acceptors (Lipinski definition) is 6. The van der Waals surface area contributed by atoms with Crippen LogP contribution in [0.4, 0.5) is 0 Å². The highest BCUT2D eigenvalue weighted by Gasteiger charge is 2.60. The number of carboxylic acid groups (broad SMARTS) is 1. The first-order valence-corrected chi connectivity index (χ1v) is 11.3. The highest BCUT2D eigenvalue weighted by molar-refractivity contribution is 8.03. The molecule has 5 atom stereocenters. The molecule has 1 amide bonds. The van der Waals surface area contributed by atoms with Gasteiger partial charge in [0.15, 0.2) is 0 Å². The summed E-state index contributed by atoms with van der Waals surface area (Å²) >= 11 is 1.61. The van der Waals surface area contributed by atoms with Crippen molar-refractivity contribution in [1.29, 1.82) is 5.41 Å². The van der Waals surface area contributed by atoms with Crippen molar-refractivity contribution in [2.75, 3.05) is 13.1 Å². The number of nitrogens with zero attached hydrogens (tertiary/aromatic N) is 2. The number of carboxylic acids is 1. The van der Waals surface area contributed by atoms with Crippen LogP contribution in [0.5, 0.6) is 0 Å². The molecule has 4 aliphatic rings. The van der Waals surface area contributed by atoms with Gasteiger partial charge < -0.3 is 25.3 Å². The number of fused-ring (bicyclic) bond motifs is 1. The Balaban J connectivity index is 1.35. The molecule has 3 fully saturated rings. The third-order valence-electron chi connectivity index (χ3n) is 6.83. The molecule has 1 aliphatic carbocycles. The van der Waals surface area contributed by atoms with Crippen LogP contribution in [-0.4, -0.2) is 80.3 Å². The predicted molar refractivity (Wildman–Crippen MR) is 111 cm³/mol. The van der Waals surface area contributed by atoms with Gasteiger partial charge in [0.1, 0.15) is 5.70 Å². The van der Waals surface area contributed by atoms with E-state index in [0.717, 1.165) is 37.3 Å². The number of hydrogen-bond donors (Lipinski definition) is 4. The van der Waals surface area contributed by atoms with Gasteiger partial charge in [-0.1, -0.05) is 6.92 Å². The molecule has 29 heavy (non-hydrogen) atoms. The summed E-state index contributed by atoms with van der Waals surface area (Å²) in [6.07, 6.45) is 2.24. The average Bonchev–Trinajstić information content (AvgIpc) is 3.15. The van der Waals surface area contributed by atoms with Crippen LogP contribution < -0.4 is 5.32 Å². The molecule has 0 aromatic rings. The minimum Gasteiger partial charge on any atom is -0.477 e. The zero-order chi connectivity index (χ0) is 21.0. The quantitative estimate of drug-likeness (QED) is 0.287. The summed E-state index contributed by atoms with van der Waals surface area (Å²) in [5, 5.41) is 31.4. The zero-order valence-corrected chi connectivity index (χ0v) is 17.9. The van der Waals surface area contributed by atoms with E-state index in [0.29, 0.717) is 23.2 Å². The van der Waals surface area contributed by atoms with Gasteiger partial charge in [-0.25, -0.2) is 4.79 Å². The topological polar surface area (TPSA) is 117 Å². The van der Waals surface area contributed by atoms with Gasteiger partial charge in [-0.2, -0.15) is 0 Å². The molecule has 0 radical (unpaired) electrons. The van der Waals surface area contributed by atoms with Gasteiger partial charge in [0.2, 0.25) is 5.91 Å². The molecule has 1 saturated carbocycles. The van der Waals surface area contributed by atoms with Gasteiger partial charge in [-0.15, -0.1) is 11.8 Å². The molecule has 4 rings (SSSR count). The van der Waals surface area contributed by atoms with E-state index in [1.807, 2.05) is 13.8 Å². The van der Waals surface area contributed by atoms with E-state index < -0.39 is 18.0 Å². The molecule has 0 aromatic heterocycles. The van der Waals surface area contributed by atoms with E-state index in [-0.39, 0.29) is 23.6 Å². The first kappa shape index (κ1) is 20.7. The van der Waals surface area contributed by atoms with Gasteiger partial charge >= 0.3 is 5.97 Å². The lowest BCUT2D eigenvalue weighted by molar-refractivity contribution is -0.163. The van der Waals surface area contributed by atoms with Gasteiger partial charge in [0, 0.05) is 41.2 Å². The van der Waals surface area contributed by atoms with Crippen LogP contribution in [0.2, 0.25) is 0 Å². The number of likely N-dealkylation sites (tertiary alicyclic amines) is 1. The Kier molecular flexibility index (Phi) is 5.41. The fraction of sp³-hybridized carbons (Fsp3) is 0.750. The van der Waals surface area contributed by atoms with Gasteiger partial charge in [-0.05, 0) is 33.1 Å². The van der Waals surface area contributed by atoms with Crippen LogP contribution in [0.25, 0.3) is 0 Å². The number of carbonyl (C=O) groups excluding carboxylic acids is 1. The number of carbonyl (C=O) groups is 2. The molecule has 3 heterocycles. The Morgan fingerprint density at radius 3 is 2.59 bits per heavy atom. The summed E-state index contributed by atoms with van der Waals surface area (Å²) in [5.74, 6) is -1.27. The number of aliphatic hydroxyl groups excluding tert-OH is 1. The number of β-lactam (4-membered cyclic amide) rings is 1. The molecular formula is C20H30N4O4S. The number of rotatable bonds is 6. The summed E-state index contributed by atoms with van der Waals surface area (Å²) in [5.41, 5.74) is 0.124. The molecule has 0 spiro atoms. The van der Waals surface area contributed by atoms with Crippen molar-refractivity contribution < 1.29 is 19.8 Å². The van der Waals surface area contributed by atoms with Gasteiger partial charge in [-0.3, -0.25) is 10.2 Å². The maximum Gasteiger partial charge on any atom is 0.353 e. The Hall–Kier alpha value is -1.58. The Morgan fingerprint density at radius 1 is 1.34 bits per heavy atom. The predicted octanol–water partition coefficient (Wildman–Crippen LogP) is 1.07. The monoisotopic (exact) mass is 422 g/mol. The molecule has 3 aliphatic heterocycles. The van der Waals surface area contributed by atoms with Crippen LogP contribution in [-0.2, 0) is 9.59 Å². The molecule has 8 nitrogen and oxygen atoms in total. The number of nitrogens with one attached hydrogen (secondary N) is 2. The third kappa shape index (κ3) is 3.47. The van der Waals surface area contributed by atoms with E-state index in [9.17, 15) is 19.8 Å². The van der Waals surface area contributed by atoms with Crippen molar-refractivity contribution in [2.45, 2.75) is 69.5 Å². The Morgan fingerprint density at radius 2 is 2.03 bits per heavy atom. The molecule has 160 valence electrons. The van der Waals surface area contributed by atoms with E-state index in [1.54, 1.807) is 18.7 Å². The standard InChI is InChI=1S/C20H30N4O4S/c1-9-16-15(10(2)25)19(26)24(16)17(20(27)28)18(9)29-14-6-13(7-14)22-12-4-5-23(8-12)11(3)21/h9-10,12-16,21-22,25H,4-8H2,1-3H3,(H,27,28)/t9-,10-,12+,13-,14+,15-,16-/m1/s1. The van der Waals surface area contributed by atoms with Gasteiger partial charge in [0.05, 0.1) is 23.9 Å². The largest absolute Gasteiger partial charge is 0.477 e. The number of aliphatic carboxylic acids is 1. The minimum atomic E-state index is -1.05. The number of amides is 1. The molecule has 0 bridgehead atoms. The van der Waals surface area contributed by atoms with Crippen molar-refractivity contribution in [1.82, 2.24) is 15.1 Å². The number of amidine groups is 1. The van der Waals surface area contributed by atoms with E-state index in [4.69, 9.17) is 5.41 Å². The molecule has 0 unspecified atom stereocenters. The van der Waals surface area contributed by atoms with Crippen molar-refractivity contribution in [3.05, 3.63) is 10.6 Å². The Labute approximate surface area is 175 Å². The maximum atomic E-state index is 12.4. The van der Waals surface area contributed by atoms with Crippen LogP contribution in [0.3, 0.4) is 0 Å². The fourth-order valence-electron chi connectivity index (χ4n) is 5.19. The number of aliphatic hydroxyl groups is 1.